The normalized spacial score (nSPS) is 10.2. The van der Waals surface area contributed by atoms with Crippen LogP contribution in [0.2, 0.25) is 0 Å². The van der Waals surface area contributed by atoms with Crippen molar-refractivity contribution in [3.8, 4) is 0 Å². The minimum Gasteiger partial charge on any atom is -0.383 e. The molecule has 5 nitrogen and oxygen atoms in total. The van der Waals surface area contributed by atoms with Gasteiger partial charge >= 0.3 is 0 Å². The highest BCUT2D eigenvalue weighted by atomic mass is 16.6. The van der Waals surface area contributed by atoms with E-state index in [0.717, 1.165) is 12.2 Å². The number of aryl methyl sites for hydroxylation is 1. The summed E-state index contributed by atoms with van der Waals surface area (Å²) in [6.07, 6.45) is 0. The van der Waals surface area contributed by atoms with Crippen molar-refractivity contribution >= 4 is 11.4 Å². The first-order chi connectivity index (χ1) is 7.56. The number of nitro benzene ring substituents is 1. The Balaban J connectivity index is 2.84. The number of hydrogen-bond acceptors (Lipinski definition) is 4. The van der Waals surface area contributed by atoms with Crippen molar-refractivity contribution in [2.75, 3.05) is 32.2 Å². The molecule has 0 saturated carbocycles. The average molecular weight is 224 g/mol. The van der Waals surface area contributed by atoms with Crippen LogP contribution in [0.1, 0.15) is 5.56 Å². The van der Waals surface area contributed by atoms with E-state index in [2.05, 4.69) is 0 Å². The summed E-state index contributed by atoms with van der Waals surface area (Å²) in [6, 6.07) is 5.10. The zero-order chi connectivity index (χ0) is 12.1. The van der Waals surface area contributed by atoms with Gasteiger partial charge in [-0.2, -0.15) is 0 Å². The van der Waals surface area contributed by atoms with E-state index in [0.29, 0.717) is 12.2 Å². The van der Waals surface area contributed by atoms with Crippen molar-refractivity contribution in [2.24, 2.45) is 0 Å². The molecule has 1 aromatic rings. The molecule has 1 rings (SSSR count). The molecule has 88 valence electrons. The van der Waals surface area contributed by atoms with E-state index in [9.17, 15) is 10.1 Å². The Morgan fingerprint density at radius 3 is 2.69 bits per heavy atom. The van der Waals surface area contributed by atoms with E-state index in [4.69, 9.17) is 4.74 Å². The van der Waals surface area contributed by atoms with Crippen LogP contribution >= 0.6 is 0 Å². The Morgan fingerprint density at radius 1 is 1.50 bits per heavy atom. The van der Waals surface area contributed by atoms with E-state index in [1.807, 2.05) is 18.0 Å². The van der Waals surface area contributed by atoms with Crippen LogP contribution in [-0.2, 0) is 4.74 Å². The molecule has 16 heavy (non-hydrogen) atoms. The molecule has 0 aliphatic carbocycles. The number of hydrogen-bond donors (Lipinski definition) is 0. The lowest BCUT2D eigenvalue weighted by Crippen LogP contribution is -2.22. The Kier molecular flexibility index (Phi) is 4.25. The van der Waals surface area contributed by atoms with Gasteiger partial charge in [-0.15, -0.1) is 0 Å². The van der Waals surface area contributed by atoms with Crippen LogP contribution in [0.25, 0.3) is 0 Å². The zero-order valence-electron chi connectivity index (χ0n) is 9.77. The average Bonchev–Trinajstić information content (AvgIpc) is 2.25. The minimum atomic E-state index is -0.367. The van der Waals surface area contributed by atoms with Crippen LogP contribution in [0, 0.1) is 17.0 Å². The smallest absolute Gasteiger partial charge is 0.272 e. The number of likely N-dealkylation sites (N-methyl/N-ethyl adjacent to an activating group) is 1. The van der Waals surface area contributed by atoms with Crippen molar-refractivity contribution < 1.29 is 9.66 Å². The molecule has 1 aromatic carbocycles. The number of nitrogens with zero attached hydrogens (tertiary/aromatic N) is 2. The van der Waals surface area contributed by atoms with Crippen LogP contribution in [0.5, 0.6) is 0 Å². The summed E-state index contributed by atoms with van der Waals surface area (Å²) in [6.45, 7) is 3.13. The SMILES string of the molecule is COCCN(C)c1ccc([N+](=O)[O-])c(C)c1. The van der Waals surface area contributed by atoms with E-state index < -0.39 is 0 Å². The Hall–Kier alpha value is -1.62. The second-order valence-electron chi connectivity index (χ2n) is 3.64. The molecule has 0 radical (unpaired) electrons. The molecule has 0 atom stereocenters. The minimum absolute atomic E-state index is 0.156. The highest BCUT2D eigenvalue weighted by molar-refractivity contribution is 5.54. The van der Waals surface area contributed by atoms with Gasteiger partial charge in [0.25, 0.3) is 5.69 Å². The lowest BCUT2D eigenvalue weighted by atomic mass is 10.1. The molecule has 0 heterocycles. The summed E-state index contributed by atoms with van der Waals surface area (Å²) >= 11 is 0. The Morgan fingerprint density at radius 2 is 2.19 bits per heavy atom. The largest absolute Gasteiger partial charge is 0.383 e. The van der Waals surface area contributed by atoms with Gasteiger partial charge < -0.3 is 9.64 Å². The summed E-state index contributed by atoms with van der Waals surface area (Å²) < 4.78 is 4.98. The number of rotatable bonds is 5. The predicted molar refractivity (Wildman–Crippen MR) is 63.0 cm³/mol. The van der Waals surface area contributed by atoms with E-state index in [-0.39, 0.29) is 10.6 Å². The molecule has 0 amide bonds. The first-order valence-electron chi connectivity index (χ1n) is 5.01. The molecule has 5 heteroatoms. The van der Waals surface area contributed by atoms with E-state index in [1.165, 1.54) is 6.07 Å². The molecule has 0 unspecified atom stereocenters. The first-order valence-corrected chi connectivity index (χ1v) is 5.01. The molecule has 0 N–H and O–H groups in total. The van der Waals surface area contributed by atoms with Gasteiger partial charge in [0.05, 0.1) is 11.5 Å². The number of benzene rings is 1. The van der Waals surface area contributed by atoms with E-state index in [1.54, 1.807) is 20.1 Å². The summed E-state index contributed by atoms with van der Waals surface area (Å²) in [5, 5.41) is 10.6. The Labute approximate surface area is 94.8 Å². The molecule has 0 saturated heterocycles. The van der Waals surface area contributed by atoms with Crippen molar-refractivity contribution in [2.45, 2.75) is 6.92 Å². The number of nitro groups is 1. The van der Waals surface area contributed by atoms with Gasteiger partial charge in [-0.05, 0) is 19.1 Å². The second kappa shape index (κ2) is 5.46. The third-order valence-corrected chi connectivity index (χ3v) is 2.45. The lowest BCUT2D eigenvalue weighted by molar-refractivity contribution is -0.385. The molecule has 0 aliphatic heterocycles. The maximum atomic E-state index is 10.6. The monoisotopic (exact) mass is 224 g/mol. The van der Waals surface area contributed by atoms with Gasteiger partial charge in [-0.3, -0.25) is 10.1 Å². The topological polar surface area (TPSA) is 55.6 Å². The maximum absolute atomic E-state index is 10.6. The van der Waals surface area contributed by atoms with Gasteiger partial charge in [0.15, 0.2) is 0 Å². The standard InChI is InChI=1S/C11H16N2O3/c1-9-8-10(12(2)6-7-16-3)4-5-11(9)13(14)15/h4-5,8H,6-7H2,1-3H3. The Bertz CT molecular complexity index is 379. The van der Waals surface area contributed by atoms with Crippen LogP contribution in [0.4, 0.5) is 11.4 Å². The summed E-state index contributed by atoms with van der Waals surface area (Å²) in [4.78, 5) is 12.3. The molecule has 0 aromatic heterocycles. The highest BCUT2D eigenvalue weighted by Gasteiger charge is 2.11. The lowest BCUT2D eigenvalue weighted by Gasteiger charge is -2.19. The summed E-state index contributed by atoms with van der Waals surface area (Å²) in [7, 11) is 3.58. The van der Waals surface area contributed by atoms with Crippen molar-refractivity contribution in [3.05, 3.63) is 33.9 Å². The van der Waals surface area contributed by atoms with Crippen molar-refractivity contribution in [1.82, 2.24) is 0 Å². The highest BCUT2D eigenvalue weighted by Crippen LogP contribution is 2.23. The van der Waals surface area contributed by atoms with Crippen LogP contribution in [-0.4, -0.2) is 32.2 Å². The first kappa shape index (κ1) is 12.4. The molecule has 0 bridgehead atoms. The van der Waals surface area contributed by atoms with Gasteiger partial charge in [-0.25, -0.2) is 0 Å². The number of anilines is 1. The van der Waals surface area contributed by atoms with Crippen molar-refractivity contribution in [1.29, 1.82) is 0 Å². The molecule has 0 spiro atoms. The quantitative estimate of drug-likeness (QED) is 0.567. The molecule has 0 aliphatic rings. The third kappa shape index (κ3) is 2.93. The fourth-order valence-corrected chi connectivity index (χ4v) is 1.44. The zero-order valence-corrected chi connectivity index (χ0v) is 9.77. The molecular weight excluding hydrogens is 208 g/mol. The summed E-state index contributed by atoms with van der Waals surface area (Å²) in [5.41, 5.74) is 1.79. The number of methoxy groups -OCH3 is 1. The van der Waals surface area contributed by atoms with Gasteiger partial charge in [-0.1, -0.05) is 0 Å². The third-order valence-electron chi connectivity index (χ3n) is 2.45. The molecule has 0 fully saturated rings. The fourth-order valence-electron chi connectivity index (χ4n) is 1.44. The van der Waals surface area contributed by atoms with Gasteiger partial charge in [0.2, 0.25) is 0 Å². The van der Waals surface area contributed by atoms with Gasteiger partial charge in [0.1, 0.15) is 0 Å². The molecular formula is C11H16N2O3. The predicted octanol–water partition coefficient (Wildman–Crippen LogP) is 1.99. The van der Waals surface area contributed by atoms with E-state index >= 15 is 0 Å². The van der Waals surface area contributed by atoms with Crippen molar-refractivity contribution in [3.63, 3.8) is 0 Å². The summed E-state index contributed by atoms with van der Waals surface area (Å²) in [5.74, 6) is 0. The fraction of sp³-hybridized carbons (Fsp3) is 0.455. The maximum Gasteiger partial charge on any atom is 0.272 e. The van der Waals surface area contributed by atoms with Crippen LogP contribution in [0.3, 0.4) is 0 Å². The number of ether oxygens (including phenoxy) is 1. The van der Waals surface area contributed by atoms with Crippen LogP contribution < -0.4 is 4.90 Å². The van der Waals surface area contributed by atoms with Gasteiger partial charge in [0, 0.05) is 38.0 Å². The second-order valence-corrected chi connectivity index (χ2v) is 3.64. The van der Waals surface area contributed by atoms with Crippen LogP contribution in [0.15, 0.2) is 18.2 Å².